The number of nitrogens with zero attached hydrogens (tertiary/aromatic N) is 3. The van der Waals surface area contributed by atoms with E-state index in [1.807, 2.05) is 17.0 Å². The largest absolute Gasteiger partial charge is 0.338 e. The summed E-state index contributed by atoms with van der Waals surface area (Å²) in [6, 6.07) is 14.3. The van der Waals surface area contributed by atoms with Gasteiger partial charge in [-0.2, -0.15) is 0 Å². The molecule has 4 rings (SSSR count). The van der Waals surface area contributed by atoms with Gasteiger partial charge in [0.15, 0.2) is 0 Å². The fourth-order valence-electron chi connectivity index (χ4n) is 4.12. The summed E-state index contributed by atoms with van der Waals surface area (Å²) in [6.07, 6.45) is 5.70. The van der Waals surface area contributed by atoms with Crippen LogP contribution in [0.1, 0.15) is 28.8 Å². The molecule has 2 aliphatic rings. The van der Waals surface area contributed by atoms with Gasteiger partial charge in [0.05, 0.1) is 0 Å². The zero-order chi connectivity index (χ0) is 16.4. The van der Waals surface area contributed by atoms with E-state index < -0.39 is 0 Å². The summed E-state index contributed by atoms with van der Waals surface area (Å²) in [5.74, 6) is 0.149. The third-order valence-corrected chi connectivity index (χ3v) is 5.42. The van der Waals surface area contributed by atoms with Gasteiger partial charge in [-0.1, -0.05) is 30.3 Å². The van der Waals surface area contributed by atoms with E-state index in [-0.39, 0.29) is 11.3 Å². The van der Waals surface area contributed by atoms with Crippen molar-refractivity contribution in [1.29, 1.82) is 0 Å². The zero-order valence-electron chi connectivity index (χ0n) is 13.9. The molecule has 2 aliphatic heterocycles. The highest BCUT2D eigenvalue weighted by Gasteiger charge is 2.44. The fourth-order valence-corrected chi connectivity index (χ4v) is 4.12. The molecule has 0 saturated carbocycles. The molecule has 0 N–H and O–H groups in total. The minimum Gasteiger partial charge on any atom is -0.338 e. The van der Waals surface area contributed by atoms with E-state index in [1.54, 1.807) is 12.4 Å². The standard InChI is InChI=1S/C20H23N3O/c24-19(18-6-10-21-11-7-18)23-13-9-20(16-23)8-12-22(15-20)14-17-4-2-1-3-5-17/h1-7,10-11H,8-9,12-16H2/t20-/m0/s1. The van der Waals surface area contributed by atoms with Crippen LogP contribution in [0.2, 0.25) is 0 Å². The van der Waals surface area contributed by atoms with Crippen LogP contribution in [0.4, 0.5) is 0 Å². The summed E-state index contributed by atoms with van der Waals surface area (Å²) in [7, 11) is 0. The Balaban J connectivity index is 1.39. The van der Waals surface area contributed by atoms with Crippen LogP contribution in [0.5, 0.6) is 0 Å². The van der Waals surface area contributed by atoms with Gasteiger partial charge in [0.25, 0.3) is 5.91 Å². The van der Waals surface area contributed by atoms with Crippen molar-refractivity contribution in [2.45, 2.75) is 19.4 Å². The lowest BCUT2D eigenvalue weighted by molar-refractivity contribution is 0.0773. The Morgan fingerprint density at radius 1 is 1.00 bits per heavy atom. The second-order valence-corrected chi connectivity index (χ2v) is 7.16. The van der Waals surface area contributed by atoms with E-state index in [0.29, 0.717) is 0 Å². The highest BCUT2D eigenvalue weighted by atomic mass is 16.2. The summed E-state index contributed by atoms with van der Waals surface area (Å²) in [5.41, 5.74) is 2.41. The summed E-state index contributed by atoms with van der Waals surface area (Å²) < 4.78 is 0. The lowest BCUT2D eigenvalue weighted by Crippen LogP contribution is -2.34. The molecule has 3 heterocycles. The SMILES string of the molecule is O=C(c1ccncc1)N1CC[C@]2(CCN(Cc3ccccc3)C2)C1. The average molecular weight is 321 g/mol. The van der Waals surface area contributed by atoms with Crippen molar-refractivity contribution >= 4 is 5.91 Å². The maximum absolute atomic E-state index is 12.6. The van der Waals surface area contributed by atoms with Crippen molar-refractivity contribution in [2.24, 2.45) is 5.41 Å². The van der Waals surface area contributed by atoms with E-state index in [9.17, 15) is 4.79 Å². The van der Waals surface area contributed by atoms with Crippen LogP contribution >= 0.6 is 0 Å². The van der Waals surface area contributed by atoms with Gasteiger partial charge in [-0.25, -0.2) is 0 Å². The predicted octanol–water partition coefficient (Wildman–Crippen LogP) is 2.82. The molecular formula is C20H23N3O. The molecule has 0 aliphatic carbocycles. The first-order valence-electron chi connectivity index (χ1n) is 8.70. The van der Waals surface area contributed by atoms with E-state index >= 15 is 0 Å². The normalized spacial score (nSPS) is 23.9. The summed E-state index contributed by atoms with van der Waals surface area (Å²) in [5, 5.41) is 0. The second kappa shape index (κ2) is 6.36. The van der Waals surface area contributed by atoms with Gasteiger partial charge in [0.2, 0.25) is 0 Å². The van der Waals surface area contributed by atoms with Crippen molar-refractivity contribution in [1.82, 2.24) is 14.8 Å². The first-order chi connectivity index (χ1) is 11.7. The van der Waals surface area contributed by atoms with Crippen LogP contribution in [-0.4, -0.2) is 46.9 Å². The minimum absolute atomic E-state index is 0.149. The van der Waals surface area contributed by atoms with Crippen LogP contribution in [0.25, 0.3) is 0 Å². The maximum Gasteiger partial charge on any atom is 0.253 e. The first kappa shape index (κ1) is 15.3. The van der Waals surface area contributed by atoms with E-state index in [4.69, 9.17) is 0 Å². The van der Waals surface area contributed by atoms with E-state index in [1.165, 1.54) is 12.0 Å². The highest BCUT2D eigenvalue weighted by Crippen LogP contribution is 2.40. The number of hydrogen-bond donors (Lipinski definition) is 0. The van der Waals surface area contributed by atoms with Gasteiger partial charge in [-0.3, -0.25) is 14.7 Å². The number of hydrogen-bond acceptors (Lipinski definition) is 3. The zero-order valence-corrected chi connectivity index (χ0v) is 13.9. The van der Waals surface area contributed by atoms with Gasteiger partial charge < -0.3 is 4.90 Å². The molecule has 2 saturated heterocycles. The third kappa shape index (κ3) is 3.06. The van der Waals surface area contributed by atoms with Crippen molar-refractivity contribution in [3.8, 4) is 0 Å². The molecule has 4 heteroatoms. The van der Waals surface area contributed by atoms with Gasteiger partial charge in [-0.05, 0) is 37.1 Å². The molecule has 0 bridgehead atoms. The average Bonchev–Trinajstić information content (AvgIpc) is 3.23. The number of pyridine rings is 1. The molecule has 1 atom stereocenters. The quantitative estimate of drug-likeness (QED) is 0.872. The van der Waals surface area contributed by atoms with Crippen LogP contribution in [0.15, 0.2) is 54.9 Å². The minimum atomic E-state index is 0.149. The van der Waals surface area contributed by atoms with Gasteiger partial charge in [-0.15, -0.1) is 0 Å². The monoisotopic (exact) mass is 321 g/mol. The molecule has 1 aromatic heterocycles. The maximum atomic E-state index is 12.6. The smallest absolute Gasteiger partial charge is 0.253 e. The topological polar surface area (TPSA) is 36.4 Å². The lowest BCUT2D eigenvalue weighted by atomic mass is 9.86. The van der Waals surface area contributed by atoms with Crippen molar-refractivity contribution in [3.05, 3.63) is 66.0 Å². The summed E-state index contributed by atoms with van der Waals surface area (Å²) in [6.45, 7) is 5.01. The molecule has 2 fully saturated rings. The molecule has 1 amide bonds. The van der Waals surface area contributed by atoms with E-state index in [0.717, 1.165) is 44.7 Å². The van der Waals surface area contributed by atoms with Gasteiger partial charge in [0, 0.05) is 49.6 Å². The molecule has 124 valence electrons. The van der Waals surface area contributed by atoms with Gasteiger partial charge >= 0.3 is 0 Å². The molecule has 1 spiro atoms. The Kier molecular flexibility index (Phi) is 4.07. The van der Waals surface area contributed by atoms with Crippen molar-refractivity contribution in [2.75, 3.05) is 26.2 Å². The molecule has 4 nitrogen and oxygen atoms in total. The summed E-state index contributed by atoms with van der Waals surface area (Å²) in [4.78, 5) is 21.2. The Hall–Kier alpha value is -2.20. The highest BCUT2D eigenvalue weighted by molar-refractivity contribution is 5.94. The number of aromatic nitrogens is 1. The number of carbonyl (C=O) groups excluding carboxylic acids is 1. The molecule has 1 aromatic carbocycles. The molecule has 0 unspecified atom stereocenters. The lowest BCUT2D eigenvalue weighted by Gasteiger charge is -2.25. The third-order valence-electron chi connectivity index (χ3n) is 5.42. The Bertz CT molecular complexity index is 703. The Morgan fingerprint density at radius 3 is 2.54 bits per heavy atom. The molecule has 0 radical (unpaired) electrons. The molecular weight excluding hydrogens is 298 g/mol. The number of rotatable bonds is 3. The van der Waals surface area contributed by atoms with Crippen molar-refractivity contribution in [3.63, 3.8) is 0 Å². The van der Waals surface area contributed by atoms with Gasteiger partial charge in [0.1, 0.15) is 0 Å². The second-order valence-electron chi connectivity index (χ2n) is 7.16. The van der Waals surface area contributed by atoms with Crippen LogP contribution in [0, 0.1) is 5.41 Å². The van der Waals surface area contributed by atoms with Crippen molar-refractivity contribution < 1.29 is 4.79 Å². The predicted molar refractivity (Wildman–Crippen MR) is 93.5 cm³/mol. The first-order valence-corrected chi connectivity index (χ1v) is 8.70. The number of likely N-dealkylation sites (tertiary alicyclic amines) is 2. The Labute approximate surface area is 143 Å². The van der Waals surface area contributed by atoms with Crippen LogP contribution in [-0.2, 0) is 6.54 Å². The number of benzene rings is 1. The Morgan fingerprint density at radius 2 is 1.75 bits per heavy atom. The molecule has 24 heavy (non-hydrogen) atoms. The molecule has 2 aromatic rings. The van der Waals surface area contributed by atoms with Crippen LogP contribution in [0.3, 0.4) is 0 Å². The number of amides is 1. The van der Waals surface area contributed by atoms with E-state index in [2.05, 4.69) is 40.2 Å². The van der Waals surface area contributed by atoms with Crippen LogP contribution < -0.4 is 0 Å². The summed E-state index contributed by atoms with van der Waals surface area (Å²) >= 11 is 0. The number of carbonyl (C=O) groups is 1. The fraction of sp³-hybridized carbons (Fsp3) is 0.400.